The molecule has 6 nitrogen and oxygen atoms in total. The predicted molar refractivity (Wildman–Crippen MR) is 110 cm³/mol. The van der Waals surface area contributed by atoms with Crippen molar-refractivity contribution in [1.82, 2.24) is 5.32 Å². The zero-order chi connectivity index (χ0) is 21.2. The summed E-state index contributed by atoms with van der Waals surface area (Å²) >= 11 is 19.1. The van der Waals surface area contributed by atoms with Crippen LogP contribution in [0.15, 0.2) is 0 Å². The van der Waals surface area contributed by atoms with Gasteiger partial charge in [-0.15, -0.1) is 11.3 Å². The van der Waals surface area contributed by atoms with Crippen LogP contribution in [0, 0.1) is 12.3 Å². The molecule has 152 valence electrons. The van der Waals surface area contributed by atoms with Crippen molar-refractivity contribution >= 4 is 68.8 Å². The van der Waals surface area contributed by atoms with Crippen LogP contribution in [-0.4, -0.2) is 34.2 Å². The van der Waals surface area contributed by atoms with E-state index in [1.54, 1.807) is 34.6 Å². The molecule has 1 aromatic heterocycles. The molecule has 0 aliphatic rings. The van der Waals surface area contributed by atoms with Crippen LogP contribution in [0.1, 0.15) is 60.2 Å². The highest BCUT2D eigenvalue weighted by Crippen LogP contribution is 2.38. The van der Waals surface area contributed by atoms with Gasteiger partial charge in [0.2, 0.25) is 9.70 Å². The molecule has 0 radical (unpaired) electrons. The van der Waals surface area contributed by atoms with Crippen LogP contribution < -0.4 is 10.6 Å². The molecule has 0 fully saturated rings. The third-order valence-electron chi connectivity index (χ3n) is 3.51. The first-order valence-corrected chi connectivity index (χ1v) is 10.1. The van der Waals surface area contributed by atoms with E-state index in [4.69, 9.17) is 39.5 Å². The molecule has 0 aliphatic carbocycles. The Bertz CT molecular complexity index is 736. The number of carbonyl (C=O) groups is 3. The fraction of sp³-hybridized carbons (Fsp3) is 0.588. The van der Waals surface area contributed by atoms with Gasteiger partial charge in [0.1, 0.15) is 11.2 Å². The number of rotatable bonds is 6. The van der Waals surface area contributed by atoms with Gasteiger partial charge in [-0.25, -0.2) is 4.79 Å². The molecule has 0 saturated carbocycles. The molecular formula is C17H23Cl3N2O4S. The first kappa shape index (κ1) is 24.0. The minimum atomic E-state index is -1.92. The summed E-state index contributed by atoms with van der Waals surface area (Å²) in [4.78, 5) is 37.0. The minimum absolute atomic E-state index is 0.164. The summed E-state index contributed by atoms with van der Waals surface area (Å²) in [7, 11) is 0. The molecule has 0 bridgehead atoms. The molecular weight excluding hydrogens is 435 g/mol. The lowest BCUT2D eigenvalue weighted by Crippen LogP contribution is -2.52. The number of nitrogens with one attached hydrogen (secondary N) is 2. The number of halogens is 3. The van der Waals surface area contributed by atoms with Gasteiger partial charge in [0.05, 0.1) is 17.0 Å². The van der Waals surface area contributed by atoms with Crippen molar-refractivity contribution in [3.05, 3.63) is 16.0 Å². The number of ether oxygens (including phenoxy) is 1. The smallest absolute Gasteiger partial charge is 0.341 e. The number of thiophene rings is 1. The standard InChI is InChI=1S/C17H23Cl3N2O4S/c1-7-26-13(24)10-8(2)11(9(3)23)27-12(10)21-14(17(18,19)20)22-15(25)16(4,5)6/h14,21H,7H2,1-6H3,(H,22,25)/t14-/m1/s1. The molecule has 10 heteroatoms. The number of Topliss-reactive ketones (excluding diaryl/α,β-unsaturated/α-hetero) is 1. The van der Waals surface area contributed by atoms with Crippen molar-refractivity contribution in [2.75, 3.05) is 11.9 Å². The number of hydrogen-bond acceptors (Lipinski definition) is 6. The lowest BCUT2D eigenvalue weighted by Gasteiger charge is -2.30. The van der Waals surface area contributed by atoms with Crippen LogP contribution in [0.25, 0.3) is 0 Å². The van der Waals surface area contributed by atoms with E-state index in [-0.39, 0.29) is 28.9 Å². The largest absolute Gasteiger partial charge is 0.462 e. The van der Waals surface area contributed by atoms with Gasteiger partial charge < -0.3 is 15.4 Å². The number of anilines is 1. The molecule has 0 aliphatic heterocycles. The van der Waals surface area contributed by atoms with E-state index in [1.807, 2.05) is 0 Å². The molecule has 0 aromatic carbocycles. The molecule has 1 amide bonds. The van der Waals surface area contributed by atoms with Crippen molar-refractivity contribution < 1.29 is 19.1 Å². The second-order valence-corrected chi connectivity index (χ2v) is 10.3. The Hall–Kier alpha value is -1.02. The van der Waals surface area contributed by atoms with E-state index < -0.39 is 21.3 Å². The summed E-state index contributed by atoms with van der Waals surface area (Å²) in [5.74, 6) is -1.17. The average molecular weight is 458 g/mol. The van der Waals surface area contributed by atoms with Gasteiger partial charge in [0.15, 0.2) is 5.78 Å². The van der Waals surface area contributed by atoms with E-state index in [0.29, 0.717) is 10.4 Å². The normalized spacial score (nSPS) is 13.1. The maximum Gasteiger partial charge on any atom is 0.341 e. The highest BCUT2D eigenvalue weighted by atomic mass is 35.6. The molecule has 2 N–H and O–H groups in total. The fourth-order valence-electron chi connectivity index (χ4n) is 2.08. The molecule has 1 rings (SSSR count). The van der Waals surface area contributed by atoms with Crippen molar-refractivity contribution in [3.8, 4) is 0 Å². The van der Waals surface area contributed by atoms with Gasteiger partial charge in [-0.3, -0.25) is 9.59 Å². The summed E-state index contributed by atoms with van der Waals surface area (Å²) in [5.41, 5.74) is -0.0783. The van der Waals surface area contributed by atoms with Crippen molar-refractivity contribution in [2.45, 2.75) is 51.5 Å². The third-order valence-corrected chi connectivity index (χ3v) is 5.48. The second kappa shape index (κ2) is 8.99. The van der Waals surface area contributed by atoms with Crippen LogP contribution in [-0.2, 0) is 9.53 Å². The highest BCUT2D eigenvalue weighted by molar-refractivity contribution is 7.18. The Balaban J connectivity index is 3.36. The monoisotopic (exact) mass is 456 g/mol. The molecule has 1 atom stereocenters. The summed E-state index contributed by atoms with van der Waals surface area (Å²) in [6.45, 7) is 10.0. The van der Waals surface area contributed by atoms with E-state index >= 15 is 0 Å². The van der Waals surface area contributed by atoms with E-state index in [1.165, 1.54) is 6.92 Å². The Morgan fingerprint density at radius 1 is 1.19 bits per heavy atom. The quantitative estimate of drug-likeness (QED) is 0.280. The maximum atomic E-state index is 12.4. The third kappa shape index (κ3) is 6.24. The van der Waals surface area contributed by atoms with Crippen molar-refractivity contribution in [1.29, 1.82) is 0 Å². The number of carbonyl (C=O) groups excluding carboxylic acids is 3. The molecule has 1 aromatic rings. The van der Waals surface area contributed by atoms with Gasteiger partial charge in [0.25, 0.3) is 0 Å². The van der Waals surface area contributed by atoms with Crippen LogP contribution in [0.3, 0.4) is 0 Å². The van der Waals surface area contributed by atoms with Crippen LogP contribution in [0.2, 0.25) is 0 Å². The first-order valence-electron chi connectivity index (χ1n) is 8.15. The van der Waals surface area contributed by atoms with E-state index in [0.717, 1.165) is 11.3 Å². The van der Waals surface area contributed by atoms with Gasteiger partial charge in [0, 0.05) is 5.41 Å². The fourth-order valence-corrected chi connectivity index (χ4v) is 3.52. The molecule has 1 heterocycles. The maximum absolute atomic E-state index is 12.4. The summed E-state index contributed by atoms with van der Waals surface area (Å²) in [6, 6.07) is 0. The van der Waals surface area contributed by atoms with Crippen molar-refractivity contribution in [2.24, 2.45) is 5.41 Å². The highest BCUT2D eigenvalue weighted by Gasteiger charge is 2.38. The SMILES string of the molecule is CCOC(=O)c1c(N[C@H](NC(=O)C(C)(C)C)C(Cl)(Cl)Cl)sc(C(C)=O)c1C. The van der Waals surface area contributed by atoms with E-state index in [2.05, 4.69) is 10.6 Å². The first-order chi connectivity index (χ1) is 12.2. The zero-order valence-electron chi connectivity index (χ0n) is 16.0. The molecule has 0 saturated heterocycles. The van der Waals surface area contributed by atoms with Crippen molar-refractivity contribution in [3.63, 3.8) is 0 Å². The topological polar surface area (TPSA) is 84.5 Å². The summed E-state index contributed by atoms with van der Waals surface area (Å²) in [5, 5.41) is 5.79. The van der Waals surface area contributed by atoms with Gasteiger partial charge >= 0.3 is 5.97 Å². The zero-order valence-corrected chi connectivity index (χ0v) is 19.0. The molecule has 27 heavy (non-hydrogen) atoms. The number of hydrogen-bond donors (Lipinski definition) is 2. The molecule has 0 spiro atoms. The second-order valence-electron chi connectivity index (χ2n) is 6.88. The number of esters is 1. The lowest BCUT2D eigenvalue weighted by molar-refractivity contribution is -0.129. The lowest BCUT2D eigenvalue weighted by atomic mass is 9.95. The number of amides is 1. The van der Waals surface area contributed by atoms with Crippen LogP contribution in [0.4, 0.5) is 5.00 Å². The minimum Gasteiger partial charge on any atom is -0.462 e. The van der Waals surface area contributed by atoms with Gasteiger partial charge in [-0.05, 0) is 26.3 Å². The Labute approximate surface area is 177 Å². The number of ketones is 1. The molecule has 0 unspecified atom stereocenters. The average Bonchev–Trinajstić information content (AvgIpc) is 2.81. The summed E-state index contributed by atoms with van der Waals surface area (Å²) < 4.78 is 3.16. The van der Waals surface area contributed by atoms with Gasteiger partial charge in [-0.2, -0.15) is 0 Å². The Morgan fingerprint density at radius 2 is 1.74 bits per heavy atom. The summed E-state index contributed by atoms with van der Waals surface area (Å²) in [6.07, 6.45) is -1.14. The number of alkyl halides is 3. The predicted octanol–water partition coefficient (Wildman–Crippen LogP) is 4.71. The Kier molecular flexibility index (Phi) is 7.99. The van der Waals surface area contributed by atoms with E-state index in [9.17, 15) is 14.4 Å². The van der Waals surface area contributed by atoms with Gasteiger partial charge in [-0.1, -0.05) is 55.6 Å². The van der Waals surface area contributed by atoms with Crippen LogP contribution in [0.5, 0.6) is 0 Å². The van der Waals surface area contributed by atoms with Crippen LogP contribution >= 0.6 is 46.1 Å². The Morgan fingerprint density at radius 3 is 2.15 bits per heavy atom.